The lowest BCUT2D eigenvalue weighted by atomic mass is 10.1. The first-order valence-electron chi connectivity index (χ1n) is 5.26. The summed E-state index contributed by atoms with van der Waals surface area (Å²) in [6.45, 7) is 6.21. The molecule has 0 bridgehead atoms. The highest BCUT2D eigenvalue weighted by molar-refractivity contribution is 5.95. The van der Waals surface area contributed by atoms with Gasteiger partial charge in [0.1, 0.15) is 19.0 Å². The number of hydrogen-bond acceptors (Lipinski definition) is 3. The number of ketones is 1. The van der Waals surface area contributed by atoms with Crippen LogP contribution in [0, 0.1) is 0 Å². The van der Waals surface area contributed by atoms with Gasteiger partial charge in [-0.05, 0) is 24.3 Å². The molecule has 0 aromatic heterocycles. The summed E-state index contributed by atoms with van der Waals surface area (Å²) in [5.74, 6) is 0.877. The van der Waals surface area contributed by atoms with Crippen molar-refractivity contribution in [3.8, 4) is 5.75 Å². The van der Waals surface area contributed by atoms with Crippen LogP contribution >= 0.6 is 0 Å². The SMILES string of the molecule is C=COCCOc1ccc(C(=O)CC)cc1. The monoisotopic (exact) mass is 220 g/mol. The molecule has 16 heavy (non-hydrogen) atoms. The fraction of sp³-hybridized carbons (Fsp3) is 0.308. The van der Waals surface area contributed by atoms with Crippen molar-refractivity contribution >= 4 is 5.78 Å². The van der Waals surface area contributed by atoms with E-state index in [0.717, 1.165) is 11.3 Å². The molecule has 0 saturated carbocycles. The van der Waals surface area contributed by atoms with Crippen LogP contribution < -0.4 is 4.74 Å². The molecular weight excluding hydrogens is 204 g/mol. The minimum Gasteiger partial charge on any atom is -0.498 e. The summed E-state index contributed by atoms with van der Waals surface area (Å²) in [6, 6.07) is 7.12. The first-order valence-corrected chi connectivity index (χ1v) is 5.26. The molecule has 0 spiro atoms. The third-order valence-electron chi connectivity index (χ3n) is 2.09. The second kappa shape index (κ2) is 6.67. The Morgan fingerprint density at radius 2 is 2.00 bits per heavy atom. The molecular formula is C13H16O3. The van der Waals surface area contributed by atoms with Crippen molar-refractivity contribution in [1.82, 2.24) is 0 Å². The molecule has 0 radical (unpaired) electrons. The number of benzene rings is 1. The molecule has 0 atom stereocenters. The zero-order valence-corrected chi connectivity index (χ0v) is 9.44. The molecule has 3 heteroatoms. The molecule has 0 N–H and O–H groups in total. The van der Waals surface area contributed by atoms with Gasteiger partial charge in [-0.2, -0.15) is 0 Å². The van der Waals surface area contributed by atoms with Gasteiger partial charge in [0.05, 0.1) is 6.26 Å². The molecule has 1 rings (SSSR count). The van der Waals surface area contributed by atoms with E-state index in [-0.39, 0.29) is 5.78 Å². The van der Waals surface area contributed by atoms with E-state index in [9.17, 15) is 4.79 Å². The molecule has 0 amide bonds. The van der Waals surface area contributed by atoms with Crippen LogP contribution in [0.15, 0.2) is 37.1 Å². The van der Waals surface area contributed by atoms with Gasteiger partial charge < -0.3 is 9.47 Å². The molecule has 1 aromatic carbocycles. The zero-order chi connectivity index (χ0) is 11.8. The van der Waals surface area contributed by atoms with E-state index in [4.69, 9.17) is 9.47 Å². The third-order valence-corrected chi connectivity index (χ3v) is 2.09. The van der Waals surface area contributed by atoms with Crippen molar-refractivity contribution in [3.05, 3.63) is 42.7 Å². The summed E-state index contributed by atoms with van der Waals surface area (Å²) >= 11 is 0. The number of carbonyl (C=O) groups excluding carboxylic acids is 1. The van der Waals surface area contributed by atoms with Gasteiger partial charge in [0, 0.05) is 12.0 Å². The topological polar surface area (TPSA) is 35.5 Å². The lowest BCUT2D eigenvalue weighted by Gasteiger charge is -2.06. The first kappa shape index (κ1) is 12.3. The van der Waals surface area contributed by atoms with Crippen LogP contribution in [0.5, 0.6) is 5.75 Å². The lowest BCUT2D eigenvalue weighted by Crippen LogP contribution is -2.04. The van der Waals surface area contributed by atoms with Gasteiger partial charge in [0.15, 0.2) is 5.78 Å². The summed E-state index contributed by atoms with van der Waals surface area (Å²) in [5, 5.41) is 0. The molecule has 0 aliphatic rings. The predicted molar refractivity (Wildman–Crippen MR) is 62.7 cm³/mol. The minimum atomic E-state index is 0.140. The van der Waals surface area contributed by atoms with Gasteiger partial charge >= 0.3 is 0 Å². The molecule has 0 aliphatic heterocycles. The van der Waals surface area contributed by atoms with Crippen molar-refractivity contribution < 1.29 is 14.3 Å². The molecule has 0 saturated heterocycles. The predicted octanol–water partition coefficient (Wildman–Crippen LogP) is 2.82. The maximum absolute atomic E-state index is 11.4. The van der Waals surface area contributed by atoms with E-state index in [0.29, 0.717) is 19.6 Å². The van der Waals surface area contributed by atoms with Gasteiger partial charge in [0.2, 0.25) is 0 Å². The largest absolute Gasteiger partial charge is 0.498 e. The maximum atomic E-state index is 11.4. The highest BCUT2D eigenvalue weighted by Gasteiger charge is 2.02. The lowest BCUT2D eigenvalue weighted by molar-refractivity contribution is 0.0988. The molecule has 0 unspecified atom stereocenters. The van der Waals surface area contributed by atoms with E-state index in [1.807, 2.05) is 6.92 Å². The fourth-order valence-electron chi connectivity index (χ4n) is 1.23. The van der Waals surface area contributed by atoms with Crippen molar-refractivity contribution in [2.45, 2.75) is 13.3 Å². The average molecular weight is 220 g/mol. The Balaban J connectivity index is 2.45. The number of carbonyl (C=O) groups is 1. The molecule has 0 aliphatic carbocycles. The molecule has 0 heterocycles. The zero-order valence-electron chi connectivity index (χ0n) is 9.44. The van der Waals surface area contributed by atoms with Crippen LogP contribution in [0.25, 0.3) is 0 Å². The number of rotatable bonds is 7. The Labute approximate surface area is 95.7 Å². The van der Waals surface area contributed by atoms with Crippen LogP contribution in [0.3, 0.4) is 0 Å². The average Bonchev–Trinajstić information content (AvgIpc) is 2.34. The molecule has 86 valence electrons. The Bertz CT molecular complexity index is 341. The second-order valence-electron chi connectivity index (χ2n) is 3.19. The summed E-state index contributed by atoms with van der Waals surface area (Å²) in [4.78, 5) is 11.4. The highest BCUT2D eigenvalue weighted by Crippen LogP contribution is 2.13. The normalized spacial score (nSPS) is 9.56. The van der Waals surface area contributed by atoms with Crippen molar-refractivity contribution in [1.29, 1.82) is 0 Å². The minimum absolute atomic E-state index is 0.140. The quantitative estimate of drug-likeness (QED) is 0.402. The van der Waals surface area contributed by atoms with Crippen LogP contribution in [-0.4, -0.2) is 19.0 Å². The van der Waals surface area contributed by atoms with Gasteiger partial charge in [-0.3, -0.25) is 4.79 Å². The van der Waals surface area contributed by atoms with E-state index < -0.39 is 0 Å². The third kappa shape index (κ3) is 3.77. The van der Waals surface area contributed by atoms with E-state index in [2.05, 4.69) is 6.58 Å². The standard InChI is InChI=1S/C13H16O3/c1-3-13(14)11-5-7-12(8-6-11)16-10-9-15-4-2/h4-8H,2-3,9-10H2,1H3. The smallest absolute Gasteiger partial charge is 0.162 e. The second-order valence-corrected chi connectivity index (χ2v) is 3.19. The Hall–Kier alpha value is -1.77. The van der Waals surface area contributed by atoms with Crippen LogP contribution in [0.2, 0.25) is 0 Å². The van der Waals surface area contributed by atoms with Crippen molar-refractivity contribution in [3.63, 3.8) is 0 Å². The van der Waals surface area contributed by atoms with Crippen LogP contribution in [-0.2, 0) is 4.74 Å². The molecule has 0 fully saturated rings. The number of Topliss-reactive ketones (excluding diaryl/α,β-unsaturated/α-hetero) is 1. The van der Waals surface area contributed by atoms with Gasteiger partial charge in [-0.15, -0.1) is 0 Å². The number of hydrogen-bond donors (Lipinski definition) is 0. The number of ether oxygens (including phenoxy) is 2. The van der Waals surface area contributed by atoms with E-state index in [1.165, 1.54) is 6.26 Å². The Kier molecular flexibility index (Phi) is 5.12. The maximum Gasteiger partial charge on any atom is 0.162 e. The van der Waals surface area contributed by atoms with E-state index >= 15 is 0 Å². The van der Waals surface area contributed by atoms with Crippen molar-refractivity contribution in [2.75, 3.05) is 13.2 Å². The van der Waals surface area contributed by atoms with Gasteiger partial charge in [-0.1, -0.05) is 13.5 Å². The summed E-state index contributed by atoms with van der Waals surface area (Å²) in [7, 11) is 0. The van der Waals surface area contributed by atoms with Crippen molar-refractivity contribution in [2.24, 2.45) is 0 Å². The molecule has 3 nitrogen and oxygen atoms in total. The van der Waals surface area contributed by atoms with Crippen LogP contribution in [0.4, 0.5) is 0 Å². The van der Waals surface area contributed by atoms with Gasteiger partial charge in [-0.25, -0.2) is 0 Å². The Morgan fingerprint density at radius 1 is 1.31 bits per heavy atom. The summed E-state index contributed by atoms with van der Waals surface area (Å²) in [5.41, 5.74) is 0.720. The van der Waals surface area contributed by atoms with E-state index in [1.54, 1.807) is 24.3 Å². The van der Waals surface area contributed by atoms with Gasteiger partial charge in [0.25, 0.3) is 0 Å². The van der Waals surface area contributed by atoms with Crippen LogP contribution in [0.1, 0.15) is 23.7 Å². The highest BCUT2D eigenvalue weighted by atomic mass is 16.5. The molecule has 1 aromatic rings. The summed E-state index contributed by atoms with van der Waals surface area (Å²) in [6.07, 6.45) is 1.90. The summed E-state index contributed by atoms with van der Waals surface area (Å²) < 4.78 is 10.3. The Morgan fingerprint density at radius 3 is 2.56 bits per heavy atom. The first-order chi connectivity index (χ1) is 7.77. The fourth-order valence-corrected chi connectivity index (χ4v) is 1.23.